The molecule has 3 heterocycles. The van der Waals surface area contributed by atoms with E-state index >= 15 is 0 Å². The molecule has 3 aromatic heterocycles. The van der Waals surface area contributed by atoms with Gasteiger partial charge >= 0.3 is 0 Å². The molecule has 27 heavy (non-hydrogen) atoms. The van der Waals surface area contributed by atoms with Crippen LogP contribution in [0, 0.1) is 13.8 Å². The van der Waals surface area contributed by atoms with Gasteiger partial charge in [0, 0.05) is 22.6 Å². The highest BCUT2D eigenvalue weighted by atomic mass is 32.2. The Morgan fingerprint density at radius 2 is 2.04 bits per heavy atom. The molecular formula is C18H17N7OS. The van der Waals surface area contributed by atoms with Gasteiger partial charge in [-0.25, -0.2) is 5.10 Å². The van der Waals surface area contributed by atoms with Gasteiger partial charge in [-0.3, -0.25) is 13.9 Å². The summed E-state index contributed by atoms with van der Waals surface area (Å²) in [5, 5.41) is 15.5. The molecule has 4 rings (SSSR count). The first-order chi connectivity index (χ1) is 13.1. The van der Waals surface area contributed by atoms with E-state index in [9.17, 15) is 4.79 Å². The average molecular weight is 379 g/mol. The molecule has 0 aliphatic carbocycles. The molecular weight excluding hydrogens is 362 g/mol. The Balaban J connectivity index is 1.54. The Hall–Kier alpha value is -3.20. The van der Waals surface area contributed by atoms with Crippen LogP contribution < -0.4 is 0 Å². The van der Waals surface area contributed by atoms with Crippen LogP contribution in [0.1, 0.15) is 21.7 Å². The predicted molar refractivity (Wildman–Crippen MR) is 102 cm³/mol. The van der Waals surface area contributed by atoms with E-state index in [1.165, 1.54) is 18.1 Å². The standard InChI is InChI=1S/C18H17N7OS/c1-12-8-15(13(2)25(12)17-19-10-20-22-17)16(26)9-27-18-23-21-11-24(18)14-6-4-3-5-7-14/h3-8,10-11H,9H2,1-2H3,(H,19,20,22). The van der Waals surface area contributed by atoms with E-state index in [-0.39, 0.29) is 11.5 Å². The molecule has 9 heteroatoms. The number of para-hydroxylation sites is 1. The third-order valence-corrected chi connectivity index (χ3v) is 5.17. The van der Waals surface area contributed by atoms with Gasteiger partial charge in [-0.1, -0.05) is 30.0 Å². The first-order valence-electron chi connectivity index (χ1n) is 8.31. The third-order valence-electron chi connectivity index (χ3n) is 4.23. The molecule has 0 saturated heterocycles. The zero-order chi connectivity index (χ0) is 18.8. The molecule has 0 fully saturated rings. The number of carbonyl (C=O) groups is 1. The molecule has 4 aromatic rings. The Morgan fingerprint density at radius 3 is 2.78 bits per heavy atom. The number of hydrogen-bond donors (Lipinski definition) is 1. The summed E-state index contributed by atoms with van der Waals surface area (Å²) < 4.78 is 3.76. The van der Waals surface area contributed by atoms with Gasteiger partial charge in [0.05, 0.1) is 5.75 Å². The Bertz CT molecular complexity index is 1070. The molecule has 0 amide bonds. The minimum atomic E-state index is 0.0291. The van der Waals surface area contributed by atoms with Crippen LogP contribution in [0.5, 0.6) is 0 Å². The molecule has 1 N–H and O–H groups in total. The van der Waals surface area contributed by atoms with Crippen LogP contribution in [0.4, 0.5) is 0 Å². The monoisotopic (exact) mass is 379 g/mol. The fourth-order valence-electron chi connectivity index (χ4n) is 2.97. The minimum Gasteiger partial charge on any atom is -0.293 e. The van der Waals surface area contributed by atoms with E-state index in [2.05, 4.69) is 25.4 Å². The van der Waals surface area contributed by atoms with E-state index < -0.39 is 0 Å². The van der Waals surface area contributed by atoms with Gasteiger partial charge in [-0.2, -0.15) is 10.1 Å². The highest BCUT2D eigenvalue weighted by Crippen LogP contribution is 2.23. The zero-order valence-corrected chi connectivity index (χ0v) is 15.6. The van der Waals surface area contributed by atoms with Crippen molar-refractivity contribution >= 4 is 17.5 Å². The molecule has 0 atom stereocenters. The highest BCUT2D eigenvalue weighted by Gasteiger charge is 2.19. The summed E-state index contributed by atoms with van der Waals surface area (Å²) in [4.78, 5) is 17.0. The SMILES string of the molecule is Cc1cc(C(=O)CSc2nncn2-c2ccccc2)c(C)n1-c1ncn[nH]1. The van der Waals surface area contributed by atoms with Crippen molar-refractivity contribution in [3.05, 3.63) is 66.0 Å². The summed E-state index contributed by atoms with van der Waals surface area (Å²) in [6.45, 7) is 3.84. The van der Waals surface area contributed by atoms with Gasteiger partial charge in [0.1, 0.15) is 12.7 Å². The van der Waals surface area contributed by atoms with Crippen LogP contribution in [0.3, 0.4) is 0 Å². The molecule has 0 aliphatic heterocycles. The van der Waals surface area contributed by atoms with E-state index in [0.717, 1.165) is 17.1 Å². The lowest BCUT2D eigenvalue weighted by molar-refractivity contribution is 0.102. The molecule has 0 bridgehead atoms. The molecule has 1 aromatic carbocycles. The van der Waals surface area contributed by atoms with Crippen LogP contribution in [-0.4, -0.2) is 46.0 Å². The van der Waals surface area contributed by atoms with Crippen LogP contribution in [0.15, 0.2) is 54.2 Å². The Morgan fingerprint density at radius 1 is 1.22 bits per heavy atom. The Kier molecular flexibility index (Phi) is 4.59. The molecule has 0 radical (unpaired) electrons. The van der Waals surface area contributed by atoms with Gasteiger partial charge in [-0.05, 0) is 32.0 Å². The number of aromatic amines is 1. The van der Waals surface area contributed by atoms with Gasteiger partial charge in [0.25, 0.3) is 0 Å². The fraction of sp³-hybridized carbons (Fsp3) is 0.167. The van der Waals surface area contributed by atoms with Crippen molar-refractivity contribution in [3.8, 4) is 11.6 Å². The van der Waals surface area contributed by atoms with Crippen LogP contribution in [0.25, 0.3) is 11.6 Å². The van der Waals surface area contributed by atoms with Gasteiger partial charge in [-0.15, -0.1) is 10.2 Å². The van der Waals surface area contributed by atoms with E-state index in [4.69, 9.17) is 0 Å². The van der Waals surface area contributed by atoms with Crippen molar-refractivity contribution in [2.24, 2.45) is 0 Å². The second kappa shape index (κ2) is 7.20. The summed E-state index contributed by atoms with van der Waals surface area (Å²) in [6.07, 6.45) is 3.10. The maximum atomic E-state index is 12.8. The maximum absolute atomic E-state index is 12.8. The first-order valence-corrected chi connectivity index (χ1v) is 9.30. The third kappa shape index (κ3) is 3.28. The Labute approximate surface area is 159 Å². The van der Waals surface area contributed by atoms with Crippen molar-refractivity contribution in [1.29, 1.82) is 0 Å². The quantitative estimate of drug-likeness (QED) is 0.409. The largest absolute Gasteiger partial charge is 0.293 e. The number of aromatic nitrogens is 7. The number of hydrogen-bond acceptors (Lipinski definition) is 6. The summed E-state index contributed by atoms with van der Waals surface area (Å²) >= 11 is 1.37. The van der Waals surface area contributed by atoms with Crippen LogP contribution in [-0.2, 0) is 0 Å². The molecule has 0 unspecified atom stereocenters. The smallest absolute Gasteiger partial charge is 0.229 e. The van der Waals surface area contributed by atoms with Gasteiger partial charge < -0.3 is 0 Å². The number of ketones is 1. The van der Waals surface area contributed by atoms with E-state index in [1.54, 1.807) is 6.33 Å². The molecule has 136 valence electrons. The lowest BCUT2D eigenvalue weighted by atomic mass is 10.2. The first kappa shape index (κ1) is 17.2. The topological polar surface area (TPSA) is 94.3 Å². The number of Topliss-reactive ketones (excluding diaryl/α,β-unsaturated/α-hetero) is 1. The number of nitrogens with zero attached hydrogens (tertiary/aromatic N) is 6. The number of thioether (sulfide) groups is 1. The van der Waals surface area contributed by atoms with Crippen molar-refractivity contribution < 1.29 is 4.79 Å². The zero-order valence-electron chi connectivity index (χ0n) is 14.8. The predicted octanol–water partition coefficient (Wildman–Crippen LogP) is 2.77. The number of rotatable bonds is 6. The number of carbonyl (C=O) groups excluding carboxylic acids is 1. The number of benzene rings is 1. The maximum Gasteiger partial charge on any atom is 0.229 e. The summed E-state index contributed by atoms with van der Waals surface area (Å²) in [5.74, 6) is 0.897. The number of nitrogens with one attached hydrogen (secondary N) is 1. The molecule has 0 spiro atoms. The number of aryl methyl sites for hydroxylation is 1. The van der Waals surface area contributed by atoms with Gasteiger partial charge in [0.2, 0.25) is 5.95 Å². The van der Waals surface area contributed by atoms with Crippen LogP contribution >= 0.6 is 11.8 Å². The second-order valence-corrected chi connectivity index (χ2v) is 6.90. The lowest BCUT2D eigenvalue weighted by Gasteiger charge is -2.06. The lowest BCUT2D eigenvalue weighted by Crippen LogP contribution is -2.07. The normalized spacial score (nSPS) is 11.0. The van der Waals surface area contributed by atoms with E-state index in [0.29, 0.717) is 16.7 Å². The second-order valence-electron chi connectivity index (χ2n) is 5.96. The molecule has 0 aliphatic rings. The van der Waals surface area contributed by atoms with Crippen LogP contribution in [0.2, 0.25) is 0 Å². The van der Waals surface area contributed by atoms with Crippen molar-refractivity contribution in [3.63, 3.8) is 0 Å². The summed E-state index contributed by atoms with van der Waals surface area (Å²) in [7, 11) is 0. The van der Waals surface area contributed by atoms with Crippen molar-refractivity contribution in [1.82, 2.24) is 34.5 Å². The molecule has 8 nitrogen and oxygen atoms in total. The minimum absolute atomic E-state index is 0.0291. The molecule has 0 saturated carbocycles. The van der Waals surface area contributed by atoms with Crippen molar-refractivity contribution in [2.45, 2.75) is 19.0 Å². The fourth-order valence-corrected chi connectivity index (χ4v) is 3.79. The summed E-state index contributed by atoms with van der Waals surface area (Å²) in [6, 6.07) is 11.7. The highest BCUT2D eigenvalue weighted by molar-refractivity contribution is 7.99. The average Bonchev–Trinajstić information content (AvgIpc) is 3.41. The van der Waals surface area contributed by atoms with Gasteiger partial charge in [0.15, 0.2) is 10.9 Å². The van der Waals surface area contributed by atoms with E-state index in [1.807, 2.05) is 59.4 Å². The number of H-pyrrole nitrogens is 1. The van der Waals surface area contributed by atoms with Crippen molar-refractivity contribution in [2.75, 3.05) is 5.75 Å². The summed E-state index contributed by atoms with van der Waals surface area (Å²) in [5.41, 5.74) is 3.38.